The third kappa shape index (κ3) is 7.99. The van der Waals surface area contributed by atoms with Crippen molar-refractivity contribution in [2.75, 3.05) is 39.3 Å². The summed E-state index contributed by atoms with van der Waals surface area (Å²) < 4.78 is 5.77. The lowest BCUT2D eigenvalue weighted by atomic mass is 10.0. The molecule has 6 heteroatoms. The summed E-state index contributed by atoms with van der Waals surface area (Å²) in [5.41, 5.74) is 0. The summed E-state index contributed by atoms with van der Waals surface area (Å²) in [6.45, 7) is 13.4. The van der Waals surface area contributed by atoms with Crippen LogP contribution >= 0.6 is 0 Å². The van der Waals surface area contributed by atoms with E-state index < -0.39 is 0 Å². The second-order valence-corrected chi connectivity index (χ2v) is 6.55. The number of likely N-dealkylation sites (tertiary alicyclic amines) is 1. The van der Waals surface area contributed by atoms with E-state index in [0.717, 1.165) is 64.6 Å². The van der Waals surface area contributed by atoms with Crippen molar-refractivity contribution in [3.05, 3.63) is 0 Å². The first-order chi connectivity index (χ1) is 11.6. The van der Waals surface area contributed by atoms with Crippen molar-refractivity contribution in [3.63, 3.8) is 0 Å². The Labute approximate surface area is 147 Å². The summed E-state index contributed by atoms with van der Waals surface area (Å²) in [5.74, 6) is 1.66. The molecule has 1 rings (SSSR count). The van der Waals surface area contributed by atoms with Gasteiger partial charge < -0.3 is 20.3 Å². The van der Waals surface area contributed by atoms with Crippen LogP contribution in [0.1, 0.15) is 53.4 Å². The minimum Gasteiger partial charge on any atom is -0.378 e. The molecule has 1 saturated heterocycles. The average Bonchev–Trinajstić information content (AvgIpc) is 2.95. The highest BCUT2D eigenvalue weighted by Gasteiger charge is 2.18. The van der Waals surface area contributed by atoms with Gasteiger partial charge in [-0.25, -0.2) is 0 Å². The molecule has 24 heavy (non-hydrogen) atoms. The summed E-state index contributed by atoms with van der Waals surface area (Å²) in [6, 6.07) is 0. The van der Waals surface area contributed by atoms with E-state index in [0.29, 0.717) is 18.2 Å². The Kier molecular flexibility index (Phi) is 10.5. The standard InChI is InChI=1S/C18H36N4O2/c1-5-19-18(21-12-10-16(15(3)4)24-6-2)20-11-8-14-22-13-7-9-17(22)23/h15-16H,5-14H2,1-4H3,(H2,19,20,21). The molecule has 2 N–H and O–H groups in total. The lowest BCUT2D eigenvalue weighted by molar-refractivity contribution is -0.127. The van der Waals surface area contributed by atoms with E-state index >= 15 is 0 Å². The molecule has 1 atom stereocenters. The number of aliphatic imine (C=N–C) groups is 1. The summed E-state index contributed by atoms with van der Waals surface area (Å²) in [7, 11) is 0. The Hall–Kier alpha value is -1.30. The molecule has 0 aliphatic carbocycles. The smallest absolute Gasteiger partial charge is 0.222 e. The van der Waals surface area contributed by atoms with Gasteiger partial charge in [-0.05, 0) is 39.0 Å². The molecule has 140 valence electrons. The van der Waals surface area contributed by atoms with Crippen LogP contribution in [0, 0.1) is 5.92 Å². The van der Waals surface area contributed by atoms with Gasteiger partial charge in [-0.15, -0.1) is 0 Å². The van der Waals surface area contributed by atoms with Crippen molar-refractivity contribution in [1.82, 2.24) is 15.5 Å². The molecular weight excluding hydrogens is 304 g/mol. The van der Waals surface area contributed by atoms with E-state index in [-0.39, 0.29) is 6.10 Å². The first kappa shape index (κ1) is 20.7. The second-order valence-electron chi connectivity index (χ2n) is 6.55. The molecule has 1 unspecified atom stereocenters. The molecule has 0 aromatic carbocycles. The maximum absolute atomic E-state index is 11.6. The van der Waals surface area contributed by atoms with Crippen molar-refractivity contribution >= 4 is 11.9 Å². The van der Waals surface area contributed by atoms with E-state index in [4.69, 9.17) is 4.74 Å². The van der Waals surface area contributed by atoms with Gasteiger partial charge in [-0.3, -0.25) is 9.79 Å². The highest BCUT2D eigenvalue weighted by atomic mass is 16.5. The number of rotatable bonds is 11. The molecule has 1 aliphatic rings. The number of ether oxygens (including phenoxy) is 1. The number of amides is 1. The van der Waals surface area contributed by atoms with E-state index in [1.54, 1.807) is 0 Å². The fraction of sp³-hybridized carbons (Fsp3) is 0.889. The van der Waals surface area contributed by atoms with E-state index in [1.165, 1.54) is 0 Å². The molecule has 0 saturated carbocycles. The summed E-state index contributed by atoms with van der Waals surface area (Å²) >= 11 is 0. The van der Waals surface area contributed by atoms with Crippen LogP contribution < -0.4 is 10.6 Å². The van der Waals surface area contributed by atoms with Gasteiger partial charge in [0.15, 0.2) is 5.96 Å². The van der Waals surface area contributed by atoms with Crippen molar-refractivity contribution in [2.24, 2.45) is 10.9 Å². The predicted molar refractivity (Wildman–Crippen MR) is 99.3 cm³/mol. The van der Waals surface area contributed by atoms with E-state index in [2.05, 4.69) is 36.4 Å². The molecule has 1 amide bonds. The largest absolute Gasteiger partial charge is 0.378 e. The number of nitrogens with one attached hydrogen (secondary N) is 2. The Bertz CT molecular complexity index is 385. The third-order valence-corrected chi connectivity index (χ3v) is 4.22. The zero-order chi connectivity index (χ0) is 17.8. The highest BCUT2D eigenvalue weighted by Crippen LogP contribution is 2.10. The molecule has 1 aliphatic heterocycles. The van der Waals surface area contributed by atoms with Crippen LogP contribution in [-0.4, -0.2) is 62.2 Å². The van der Waals surface area contributed by atoms with Gasteiger partial charge in [0, 0.05) is 45.8 Å². The lowest BCUT2D eigenvalue weighted by Crippen LogP contribution is -2.39. The van der Waals surface area contributed by atoms with Crippen LogP contribution in [0.4, 0.5) is 0 Å². The third-order valence-electron chi connectivity index (χ3n) is 4.22. The molecule has 0 radical (unpaired) electrons. The number of hydrogen-bond acceptors (Lipinski definition) is 3. The monoisotopic (exact) mass is 340 g/mol. The Morgan fingerprint density at radius 1 is 1.33 bits per heavy atom. The fourth-order valence-corrected chi connectivity index (χ4v) is 2.89. The van der Waals surface area contributed by atoms with Crippen molar-refractivity contribution in [3.8, 4) is 0 Å². The molecule has 1 heterocycles. The SMILES string of the molecule is CCNC(=NCCCN1CCCC1=O)NCCC(OCC)C(C)C. The zero-order valence-corrected chi connectivity index (χ0v) is 15.9. The summed E-state index contributed by atoms with van der Waals surface area (Å²) in [4.78, 5) is 18.1. The normalized spacial score (nSPS) is 16.8. The van der Waals surface area contributed by atoms with Crippen LogP contribution in [0.15, 0.2) is 4.99 Å². The molecule has 6 nitrogen and oxygen atoms in total. The first-order valence-corrected chi connectivity index (χ1v) is 9.50. The number of carbonyl (C=O) groups is 1. The van der Waals surface area contributed by atoms with Gasteiger partial charge in [0.25, 0.3) is 0 Å². The quantitative estimate of drug-likeness (QED) is 0.343. The first-order valence-electron chi connectivity index (χ1n) is 9.50. The summed E-state index contributed by atoms with van der Waals surface area (Å²) in [5, 5.41) is 6.65. The van der Waals surface area contributed by atoms with E-state index in [1.807, 2.05) is 11.8 Å². The molecule has 0 aromatic rings. The van der Waals surface area contributed by atoms with Gasteiger partial charge in [0.05, 0.1) is 6.10 Å². The van der Waals surface area contributed by atoms with E-state index in [9.17, 15) is 4.79 Å². The van der Waals surface area contributed by atoms with Gasteiger partial charge in [-0.1, -0.05) is 13.8 Å². The topological polar surface area (TPSA) is 66.0 Å². The van der Waals surface area contributed by atoms with Crippen LogP contribution in [0.3, 0.4) is 0 Å². The van der Waals surface area contributed by atoms with Crippen molar-refractivity contribution < 1.29 is 9.53 Å². The predicted octanol–water partition coefficient (Wildman–Crippen LogP) is 2.01. The number of carbonyl (C=O) groups excluding carboxylic acids is 1. The van der Waals surface area contributed by atoms with Crippen LogP contribution in [0.2, 0.25) is 0 Å². The Balaban J connectivity index is 2.29. The van der Waals surface area contributed by atoms with Gasteiger partial charge >= 0.3 is 0 Å². The van der Waals surface area contributed by atoms with Gasteiger partial charge in [-0.2, -0.15) is 0 Å². The van der Waals surface area contributed by atoms with Crippen LogP contribution in [-0.2, 0) is 9.53 Å². The maximum Gasteiger partial charge on any atom is 0.222 e. The maximum atomic E-state index is 11.6. The number of hydrogen-bond donors (Lipinski definition) is 2. The number of guanidine groups is 1. The number of nitrogens with zero attached hydrogens (tertiary/aromatic N) is 2. The van der Waals surface area contributed by atoms with Crippen LogP contribution in [0.5, 0.6) is 0 Å². The molecule has 1 fully saturated rings. The fourth-order valence-electron chi connectivity index (χ4n) is 2.89. The lowest BCUT2D eigenvalue weighted by Gasteiger charge is -2.21. The minimum atomic E-state index is 0.284. The second kappa shape index (κ2) is 12.1. The molecule has 0 bridgehead atoms. The van der Waals surface area contributed by atoms with Gasteiger partial charge in [0.1, 0.15) is 0 Å². The average molecular weight is 341 g/mol. The molecule has 0 spiro atoms. The Morgan fingerprint density at radius 3 is 2.71 bits per heavy atom. The van der Waals surface area contributed by atoms with Gasteiger partial charge in [0.2, 0.25) is 5.91 Å². The minimum absolute atomic E-state index is 0.284. The molecular formula is C18H36N4O2. The van der Waals surface area contributed by atoms with Crippen LogP contribution in [0.25, 0.3) is 0 Å². The highest BCUT2D eigenvalue weighted by molar-refractivity contribution is 5.79. The zero-order valence-electron chi connectivity index (χ0n) is 15.9. The van der Waals surface area contributed by atoms with Crippen molar-refractivity contribution in [2.45, 2.75) is 59.5 Å². The summed E-state index contributed by atoms with van der Waals surface area (Å²) in [6.07, 6.45) is 3.88. The molecule has 0 aromatic heterocycles. The van der Waals surface area contributed by atoms with Crippen molar-refractivity contribution in [1.29, 1.82) is 0 Å². The Morgan fingerprint density at radius 2 is 2.12 bits per heavy atom.